The summed E-state index contributed by atoms with van der Waals surface area (Å²) in [6.45, 7) is -0.121. The van der Waals surface area contributed by atoms with Crippen LogP contribution in [0.4, 0.5) is 0 Å². The molecule has 2 aliphatic rings. The zero-order valence-corrected chi connectivity index (χ0v) is 12.3. The topological polar surface area (TPSA) is 109 Å². The summed E-state index contributed by atoms with van der Waals surface area (Å²) in [4.78, 5) is 30.2. The molecular formula is C14H16N4O5. The Bertz CT molecular complexity index is 627. The Balaban J connectivity index is 1.62. The number of hydrogen-bond donors (Lipinski definition) is 1. The maximum absolute atomic E-state index is 12.1. The van der Waals surface area contributed by atoms with Crippen LogP contribution in [0.2, 0.25) is 0 Å². The second kappa shape index (κ2) is 6.21. The van der Waals surface area contributed by atoms with Crippen molar-refractivity contribution < 1.29 is 24.5 Å². The maximum Gasteiger partial charge on any atom is 0.264 e. The van der Waals surface area contributed by atoms with Crippen molar-refractivity contribution >= 4 is 11.8 Å². The molecule has 0 saturated carbocycles. The van der Waals surface area contributed by atoms with Gasteiger partial charge in [-0.15, -0.1) is 5.01 Å². The smallest absolute Gasteiger partial charge is 0.264 e. The van der Waals surface area contributed by atoms with Gasteiger partial charge in [-0.05, 0) is 25.0 Å². The molecule has 1 atom stereocenters. The Morgan fingerprint density at radius 3 is 2.57 bits per heavy atom. The fourth-order valence-electron chi connectivity index (χ4n) is 2.77. The van der Waals surface area contributed by atoms with E-state index < -0.39 is 18.5 Å². The molecule has 1 aromatic rings. The maximum atomic E-state index is 12.1. The highest BCUT2D eigenvalue weighted by atomic mass is 16.7. The van der Waals surface area contributed by atoms with Gasteiger partial charge in [-0.3, -0.25) is 9.59 Å². The van der Waals surface area contributed by atoms with E-state index in [1.807, 2.05) is 0 Å². The zero-order valence-electron chi connectivity index (χ0n) is 12.3. The average molecular weight is 320 g/mol. The predicted octanol–water partition coefficient (Wildman–Crippen LogP) is 0.506. The molecule has 3 rings (SSSR count). The number of aliphatic hydroxyl groups is 1. The van der Waals surface area contributed by atoms with Gasteiger partial charge in [0.05, 0.1) is 29.2 Å². The van der Waals surface area contributed by atoms with Gasteiger partial charge in [0.25, 0.3) is 11.8 Å². The van der Waals surface area contributed by atoms with Crippen molar-refractivity contribution in [3.8, 4) is 0 Å². The summed E-state index contributed by atoms with van der Waals surface area (Å²) in [6, 6.07) is 6.16. The molecule has 9 heteroatoms. The van der Waals surface area contributed by atoms with Gasteiger partial charge >= 0.3 is 0 Å². The summed E-state index contributed by atoms with van der Waals surface area (Å²) in [7, 11) is 0. The van der Waals surface area contributed by atoms with Gasteiger partial charge in [-0.2, -0.15) is 0 Å². The Morgan fingerprint density at radius 2 is 1.96 bits per heavy atom. The van der Waals surface area contributed by atoms with E-state index in [0.717, 1.165) is 11.3 Å². The number of imide groups is 1. The van der Waals surface area contributed by atoms with Gasteiger partial charge in [-0.25, -0.2) is 4.90 Å². The molecular weight excluding hydrogens is 304 g/mol. The van der Waals surface area contributed by atoms with Gasteiger partial charge in [0.15, 0.2) is 0 Å². The molecule has 23 heavy (non-hydrogen) atoms. The third-order valence-corrected chi connectivity index (χ3v) is 3.97. The van der Waals surface area contributed by atoms with Crippen LogP contribution in [0.15, 0.2) is 29.5 Å². The van der Waals surface area contributed by atoms with Crippen LogP contribution in [0, 0.1) is 5.21 Å². The summed E-state index contributed by atoms with van der Waals surface area (Å²) in [5, 5.41) is 25.7. The van der Waals surface area contributed by atoms with E-state index in [1.165, 1.54) is 5.01 Å². The predicted molar refractivity (Wildman–Crippen MR) is 75.8 cm³/mol. The number of hydrazine groups is 1. The zero-order chi connectivity index (χ0) is 16.4. The van der Waals surface area contributed by atoms with Gasteiger partial charge in [0.2, 0.25) is 12.0 Å². The largest absolute Gasteiger partial charge is 0.569 e. The monoisotopic (exact) mass is 320 g/mol. The van der Waals surface area contributed by atoms with Crippen molar-refractivity contribution in [2.75, 3.05) is 19.9 Å². The number of hydrogen-bond acceptors (Lipinski definition) is 6. The first-order valence-corrected chi connectivity index (χ1v) is 7.26. The first kappa shape index (κ1) is 15.2. The molecule has 1 fully saturated rings. The van der Waals surface area contributed by atoms with Crippen molar-refractivity contribution in [3.05, 3.63) is 40.6 Å². The number of nitrogens with zero attached hydrogens (tertiary/aromatic N) is 4. The minimum atomic E-state index is -0.479. The Kier molecular flexibility index (Phi) is 4.11. The van der Waals surface area contributed by atoms with E-state index in [2.05, 4.69) is 5.28 Å². The summed E-state index contributed by atoms with van der Waals surface area (Å²) in [5.74, 6) is -0.958. The van der Waals surface area contributed by atoms with Gasteiger partial charge in [0, 0.05) is 0 Å². The molecule has 2 aliphatic heterocycles. The number of aliphatic hydroxyl groups excluding tert-OH is 1. The molecule has 9 nitrogen and oxygen atoms in total. The second-order valence-electron chi connectivity index (χ2n) is 5.32. The first-order valence-electron chi connectivity index (χ1n) is 7.26. The molecule has 1 N–H and O–H groups in total. The lowest BCUT2D eigenvalue weighted by atomic mass is 10.1. The lowest BCUT2D eigenvalue weighted by molar-refractivity contribution is -0.715. The number of fused-ring (bicyclic) bond motifs is 1. The Hall–Kier alpha value is -2.68. The van der Waals surface area contributed by atoms with E-state index in [-0.39, 0.29) is 17.6 Å². The van der Waals surface area contributed by atoms with Crippen LogP contribution in [-0.4, -0.2) is 57.7 Å². The van der Waals surface area contributed by atoms with Gasteiger partial charge in [0.1, 0.15) is 6.04 Å². The number of benzene rings is 1. The van der Waals surface area contributed by atoms with Crippen molar-refractivity contribution in [3.63, 3.8) is 0 Å². The van der Waals surface area contributed by atoms with Crippen molar-refractivity contribution in [1.82, 2.24) is 9.91 Å². The fourth-order valence-corrected chi connectivity index (χ4v) is 2.77. The first-order chi connectivity index (χ1) is 11.1. The normalized spacial score (nSPS) is 21.1. The third-order valence-electron chi connectivity index (χ3n) is 3.97. The van der Waals surface area contributed by atoms with E-state index in [1.54, 1.807) is 24.3 Å². The highest BCUT2D eigenvalue weighted by Gasteiger charge is 2.36. The average Bonchev–Trinajstić information content (AvgIpc) is 3.14. The highest BCUT2D eigenvalue weighted by molar-refractivity contribution is 6.21. The van der Waals surface area contributed by atoms with Crippen LogP contribution in [-0.2, 0) is 4.84 Å². The number of amides is 2. The molecule has 0 spiro atoms. The molecule has 0 bridgehead atoms. The third kappa shape index (κ3) is 2.70. The van der Waals surface area contributed by atoms with Crippen molar-refractivity contribution in [2.24, 2.45) is 5.28 Å². The van der Waals surface area contributed by atoms with Crippen LogP contribution in [0.25, 0.3) is 0 Å². The number of rotatable bonds is 5. The second-order valence-corrected chi connectivity index (χ2v) is 5.32. The molecule has 2 heterocycles. The minimum Gasteiger partial charge on any atom is -0.569 e. The van der Waals surface area contributed by atoms with Crippen molar-refractivity contribution in [1.29, 1.82) is 0 Å². The van der Waals surface area contributed by atoms with Gasteiger partial charge in [-0.1, -0.05) is 12.1 Å². The number of carbonyl (C=O) groups is 2. The van der Waals surface area contributed by atoms with Crippen molar-refractivity contribution in [2.45, 2.75) is 18.9 Å². The quantitative estimate of drug-likeness (QED) is 0.366. The Labute approximate surface area is 131 Å². The fraction of sp³-hybridized carbons (Fsp3) is 0.429. The lowest BCUT2D eigenvalue weighted by Gasteiger charge is -2.18. The summed E-state index contributed by atoms with van der Waals surface area (Å²) >= 11 is 0. The van der Waals surface area contributed by atoms with Crippen LogP contribution < -0.4 is 0 Å². The molecule has 2 amide bonds. The molecule has 0 aromatic heterocycles. The van der Waals surface area contributed by atoms with Crippen LogP contribution in [0.1, 0.15) is 33.6 Å². The summed E-state index contributed by atoms with van der Waals surface area (Å²) in [5.41, 5.74) is 0.611. The molecule has 1 aromatic carbocycles. The minimum absolute atomic E-state index is 0.146. The molecule has 0 unspecified atom stereocenters. The molecule has 0 aliphatic carbocycles. The highest BCUT2D eigenvalue weighted by Crippen LogP contribution is 2.22. The summed E-state index contributed by atoms with van der Waals surface area (Å²) in [6.07, 6.45) is 1.47. The van der Waals surface area contributed by atoms with E-state index in [0.29, 0.717) is 24.1 Å². The van der Waals surface area contributed by atoms with Gasteiger partial charge < -0.3 is 15.2 Å². The SMILES string of the molecule is O=C1c2ccccc2C(=O)N1CO/N=[N+](/[O-])N1CCC[C@H]1CO. The standard InChI is InChI=1S/C14H16N4O5/c19-8-10-4-3-7-17(10)18(22)15-23-9-16-13(20)11-5-1-2-6-12(11)14(16)21/h1-2,5-6,10,19H,3-4,7-9H2/b18-15+/t10-/m0/s1. The number of carbonyl (C=O) groups excluding carboxylic acids is 2. The van der Waals surface area contributed by atoms with Crippen LogP contribution >= 0.6 is 0 Å². The lowest BCUT2D eigenvalue weighted by Crippen LogP contribution is -2.38. The molecule has 0 radical (unpaired) electrons. The molecule has 122 valence electrons. The summed E-state index contributed by atoms with van der Waals surface area (Å²) < 4.78 is 0. The Morgan fingerprint density at radius 1 is 1.30 bits per heavy atom. The molecule has 1 saturated heterocycles. The van der Waals surface area contributed by atoms with Crippen LogP contribution in [0.3, 0.4) is 0 Å². The van der Waals surface area contributed by atoms with E-state index in [9.17, 15) is 14.8 Å². The van der Waals surface area contributed by atoms with E-state index in [4.69, 9.17) is 9.94 Å². The van der Waals surface area contributed by atoms with E-state index >= 15 is 0 Å². The van der Waals surface area contributed by atoms with Crippen LogP contribution in [0.5, 0.6) is 0 Å².